The predicted molar refractivity (Wildman–Crippen MR) is 104 cm³/mol. The molecule has 1 saturated carbocycles. The standard InChI is InChI=1S/C22H23N3O2/c26-22(17-1-2-17)24-12-9-20(10-13-24)27-19-6-3-16(4-7-19)18-5-8-21-23-11-14-25(21)15-18/h3-8,11,14-15,17,20H,1-2,9-10,12-13H2. The number of carbonyl (C=O) groups excluding carboxylic acids is 1. The normalized spacial score (nSPS) is 18.0. The number of nitrogens with zero attached hydrogens (tertiary/aromatic N) is 3. The second-order valence-corrected chi connectivity index (χ2v) is 7.55. The van der Waals surface area contributed by atoms with Crippen molar-refractivity contribution in [3.05, 3.63) is 55.0 Å². The summed E-state index contributed by atoms with van der Waals surface area (Å²) in [6.45, 7) is 1.64. The van der Waals surface area contributed by atoms with E-state index in [1.165, 1.54) is 0 Å². The van der Waals surface area contributed by atoms with Crippen molar-refractivity contribution in [2.75, 3.05) is 13.1 Å². The van der Waals surface area contributed by atoms with Crippen molar-refractivity contribution in [1.82, 2.24) is 14.3 Å². The van der Waals surface area contributed by atoms with Crippen molar-refractivity contribution >= 4 is 11.6 Å². The van der Waals surface area contributed by atoms with E-state index in [1.54, 1.807) is 6.20 Å². The monoisotopic (exact) mass is 361 g/mol. The SMILES string of the molecule is O=C(C1CC1)N1CCC(Oc2ccc(-c3ccc4nccn4c3)cc2)CC1. The van der Waals surface area contributed by atoms with E-state index in [0.717, 1.165) is 61.3 Å². The molecule has 5 nitrogen and oxygen atoms in total. The lowest BCUT2D eigenvalue weighted by Crippen LogP contribution is -2.42. The summed E-state index contributed by atoms with van der Waals surface area (Å²) in [4.78, 5) is 18.4. The van der Waals surface area contributed by atoms with Gasteiger partial charge in [-0.15, -0.1) is 0 Å². The zero-order valence-electron chi connectivity index (χ0n) is 15.3. The minimum Gasteiger partial charge on any atom is -0.490 e. The van der Waals surface area contributed by atoms with Gasteiger partial charge in [-0.3, -0.25) is 4.79 Å². The van der Waals surface area contributed by atoms with Gasteiger partial charge >= 0.3 is 0 Å². The summed E-state index contributed by atoms with van der Waals surface area (Å²) >= 11 is 0. The Morgan fingerprint density at radius 3 is 2.44 bits per heavy atom. The van der Waals surface area contributed by atoms with Crippen LogP contribution in [0, 0.1) is 5.92 Å². The highest BCUT2D eigenvalue weighted by Gasteiger charge is 2.35. The average Bonchev–Trinajstić information content (AvgIpc) is 3.46. The highest BCUT2D eigenvalue weighted by Crippen LogP contribution is 2.32. The topological polar surface area (TPSA) is 46.8 Å². The number of piperidine rings is 1. The average molecular weight is 361 g/mol. The fourth-order valence-electron chi connectivity index (χ4n) is 3.79. The Balaban J connectivity index is 1.21. The van der Waals surface area contributed by atoms with Crippen LogP contribution in [-0.4, -0.2) is 39.4 Å². The van der Waals surface area contributed by atoms with Gasteiger partial charge in [0.05, 0.1) is 0 Å². The third-order valence-corrected chi connectivity index (χ3v) is 5.56. The van der Waals surface area contributed by atoms with Crippen LogP contribution in [0.25, 0.3) is 16.8 Å². The molecule has 0 bridgehead atoms. The fourth-order valence-corrected chi connectivity index (χ4v) is 3.79. The molecule has 2 aromatic heterocycles. The zero-order chi connectivity index (χ0) is 18.2. The molecule has 2 fully saturated rings. The Morgan fingerprint density at radius 1 is 0.963 bits per heavy atom. The van der Waals surface area contributed by atoms with Gasteiger partial charge in [-0.1, -0.05) is 12.1 Å². The molecule has 1 aromatic carbocycles. The van der Waals surface area contributed by atoms with Gasteiger partial charge in [0.25, 0.3) is 0 Å². The van der Waals surface area contributed by atoms with E-state index in [-0.39, 0.29) is 6.10 Å². The Labute approximate surface area is 158 Å². The summed E-state index contributed by atoms with van der Waals surface area (Å²) in [5.41, 5.74) is 3.26. The van der Waals surface area contributed by atoms with Gasteiger partial charge in [0.1, 0.15) is 17.5 Å². The number of rotatable bonds is 4. The van der Waals surface area contributed by atoms with E-state index in [9.17, 15) is 4.79 Å². The Kier molecular flexibility index (Phi) is 4.07. The molecule has 5 rings (SSSR count). The molecular formula is C22H23N3O2. The van der Waals surface area contributed by atoms with Crippen molar-refractivity contribution in [3.8, 4) is 16.9 Å². The first-order chi connectivity index (χ1) is 13.3. The maximum absolute atomic E-state index is 12.1. The maximum atomic E-state index is 12.1. The van der Waals surface area contributed by atoms with Crippen LogP contribution < -0.4 is 4.74 Å². The first-order valence-electron chi connectivity index (χ1n) is 9.75. The molecule has 3 aromatic rings. The van der Waals surface area contributed by atoms with E-state index in [1.807, 2.05) is 33.7 Å². The molecule has 5 heteroatoms. The van der Waals surface area contributed by atoms with Gasteiger partial charge in [-0.2, -0.15) is 0 Å². The van der Waals surface area contributed by atoms with Crippen molar-refractivity contribution in [2.45, 2.75) is 31.8 Å². The molecule has 3 heterocycles. The molecule has 0 unspecified atom stereocenters. The quantitative estimate of drug-likeness (QED) is 0.710. The highest BCUT2D eigenvalue weighted by atomic mass is 16.5. The van der Waals surface area contributed by atoms with Crippen LogP contribution in [-0.2, 0) is 4.79 Å². The first kappa shape index (κ1) is 16.4. The molecular weight excluding hydrogens is 338 g/mol. The molecule has 1 aliphatic carbocycles. The van der Waals surface area contributed by atoms with E-state index < -0.39 is 0 Å². The number of amides is 1. The molecule has 1 amide bonds. The summed E-state index contributed by atoms with van der Waals surface area (Å²) in [5.74, 6) is 1.57. The van der Waals surface area contributed by atoms with Gasteiger partial charge in [0.2, 0.25) is 5.91 Å². The van der Waals surface area contributed by atoms with Gasteiger partial charge in [-0.05, 0) is 48.2 Å². The van der Waals surface area contributed by atoms with Gasteiger partial charge in [-0.25, -0.2) is 4.98 Å². The van der Waals surface area contributed by atoms with Crippen LogP contribution >= 0.6 is 0 Å². The van der Waals surface area contributed by atoms with Crippen LogP contribution in [0.5, 0.6) is 5.75 Å². The van der Waals surface area contributed by atoms with Gasteiger partial charge in [0.15, 0.2) is 0 Å². The van der Waals surface area contributed by atoms with Crippen LogP contribution in [0.2, 0.25) is 0 Å². The Morgan fingerprint density at radius 2 is 1.70 bits per heavy atom. The summed E-state index contributed by atoms with van der Waals surface area (Å²) in [6, 6.07) is 12.4. The smallest absolute Gasteiger partial charge is 0.225 e. The number of pyridine rings is 1. The minimum absolute atomic E-state index is 0.196. The van der Waals surface area contributed by atoms with Crippen molar-refractivity contribution in [3.63, 3.8) is 0 Å². The summed E-state index contributed by atoms with van der Waals surface area (Å²) in [6.07, 6.45) is 10.0. The molecule has 0 atom stereocenters. The first-order valence-corrected chi connectivity index (χ1v) is 9.75. The lowest BCUT2D eigenvalue weighted by molar-refractivity contribution is -0.134. The van der Waals surface area contributed by atoms with Crippen molar-refractivity contribution in [1.29, 1.82) is 0 Å². The lowest BCUT2D eigenvalue weighted by Gasteiger charge is -2.32. The highest BCUT2D eigenvalue weighted by molar-refractivity contribution is 5.81. The Hall–Kier alpha value is -2.82. The van der Waals surface area contributed by atoms with Gasteiger partial charge in [0, 0.05) is 50.4 Å². The second-order valence-electron chi connectivity index (χ2n) is 7.55. The summed E-state index contributed by atoms with van der Waals surface area (Å²) < 4.78 is 8.18. The molecule has 0 spiro atoms. The third-order valence-electron chi connectivity index (χ3n) is 5.56. The number of carbonyl (C=O) groups is 1. The summed E-state index contributed by atoms with van der Waals surface area (Å²) in [5, 5.41) is 0. The maximum Gasteiger partial charge on any atom is 0.225 e. The molecule has 2 aliphatic rings. The number of hydrogen-bond acceptors (Lipinski definition) is 3. The van der Waals surface area contributed by atoms with Crippen LogP contribution in [0.15, 0.2) is 55.0 Å². The van der Waals surface area contributed by atoms with Gasteiger partial charge < -0.3 is 14.0 Å². The summed E-state index contributed by atoms with van der Waals surface area (Å²) in [7, 11) is 0. The van der Waals surface area contributed by atoms with E-state index in [4.69, 9.17) is 4.74 Å². The molecule has 1 saturated heterocycles. The number of ether oxygens (including phenoxy) is 1. The molecule has 1 aliphatic heterocycles. The number of aromatic nitrogens is 2. The fraction of sp³-hybridized carbons (Fsp3) is 0.364. The second kappa shape index (κ2) is 6.72. The number of benzene rings is 1. The van der Waals surface area contributed by atoms with E-state index >= 15 is 0 Å². The largest absolute Gasteiger partial charge is 0.490 e. The van der Waals surface area contributed by atoms with Crippen LogP contribution in [0.4, 0.5) is 0 Å². The van der Waals surface area contributed by atoms with Crippen molar-refractivity contribution in [2.24, 2.45) is 5.92 Å². The van der Waals surface area contributed by atoms with E-state index in [2.05, 4.69) is 29.4 Å². The lowest BCUT2D eigenvalue weighted by atomic mass is 10.1. The van der Waals surface area contributed by atoms with E-state index in [0.29, 0.717) is 11.8 Å². The zero-order valence-corrected chi connectivity index (χ0v) is 15.3. The molecule has 138 valence electrons. The Bertz CT molecular complexity index is 951. The van der Waals surface area contributed by atoms with Crippen LogP contribution in [0.1, 0.15) is 25.7 Å². The predicted octanol–water partition coefficient (Wildman–Crippen LogP) is 3.78. The van der Waals surface area contributed by atoms with Crippen LogP contribution in [0.3, 0.4) is 0 Å². The van der Waals surface area contributed by atoms with Crippen molar-refractivity contribution < 1.29 is 9.53 Å². The number of hydrogen-bond donors (Lipinski definition) is 0. The molecule has 27 heavy (non-hydrogen) atoms. The molecule has 0 N–H and O–H groups in total. The third kappa shape index (κ3) is 3.42. The number of imidazole rings is 1. The number of likely N-dealkylation sites (tertiary alicyclic amines) is 1. The minimum atomic E-state index is 0.196. The molecule has 0 radical (unpaired) electrons. The number of fused-ring (bicyclic) bond motifs is 1.